The summed E-state index contributed by atoms with van der Waals surface area (Å²) < 4.78 is 5.15. The largest absolute Gasteiger partial charge is 0.497 e. The van der Waals surface area contributed by atoms with E-state index in [-0.39, 0.29) is 11.9 Å². The number of carbonyl (C=O) groups is 1. The number of aryl methyl sites for hydroxylation is 1. The number of aliphatic hydroxyl groups is 1. The minimum absolute atomic E-state index is 0.111. The summed E-state index contributed by atoms with van der Waals surface area (Å²) in [5.41, 5.74) is 1.98. The quantitative estimate of drug-likeness (QED) is 0.809. The number of amides is 1. The fourth-order valence-corrected chi connectivity index (χ4v) is 2.30. The Bertz CT molecular complexity index is 431. The van der Waals surface area contributed by atoms with Crippen molar-refractivity contribution in [1.29, 1.82) is 0 Å². The molecule has 1 amide bonds. The van der Waals surface area contributed by atoms with E-state index in [0.29, 0.717) is 0 Å². The Kier molecular flexibility index (Phi) is 3.33. The molecule has 17 heavy (non-hydrogen) atoms. The molecule has 4 nitrogen and oxygen atoms in total. The molecule has 0 aromatic heterocycles. The minimum atomic E-state index is -0.655. The molecule has 4 heteroatoms. The van der Waals surface area contributed by atoms with E-state index in [4.69, 9.17) is 4.74 Å². The molecule has 92 valence electrons. The first kappa shape index (κ1) is 11.9. The van der Waals surface area contributed by atoms with Crippen LogP contribution in [0.2, 0.25) is 0 Å². The molecule has 0 saturated carbocycles. The van der Waals surface area contributed by atoms with Gasteiger partial charge < -0.3 is 15.2 Å². The van der Waals surface area contributed by atoms with Crippen LogP contribution in [0.15, 0.2) is 18.2 Å². The molecule has 1 aliphatic rings. The standard InChI is InChI=1S/C13H17NO3/c1-8(15)14-12-6-4-9-3-5-10(17-2)7-11(9)13(12)16/h3,5,7,12-13,16H,4,6H2,1-2H3,(H,14,15). The lowest BCUT2D eigenvalue weighted by molar-refractivity contribution is -0.120. The number of aliphatic hydroxyl groups excluding tert-OH is 1. The maximum atomic E-state index is 11.0. The molecule has 0 spiro atoms. The van der Waals surface area contributed by atoms with Crippen LogP contribution in [0.5, 0.6) is 5.75 Å². The SMILES string of the molecule is COc1ccc2c(c1)C(O)C(NC(C)=O)CC2. The maximum absolute atomic E-state index is 11.0. The summed E-state index contributed by atoms with van der Waals surface area (Å²) in [6.07, 6.45) is 0.972. The third-order valence-corrected chi connectivity index (χ3v) is 3.17. The van der Waals surface area contributed by atoms with Crippen molar-refractivity contribution in [2.75, 3.05) is 7.11 Å². The topological polar surface area (TPSA) is 58.6 Å². The summed E-state index contributed by atoms with van der Waals surface area (Å²) in [4.78, 5) is 11.0. The van der Waals surface area contributed by atoms with Gasteiger partial charge in [-0.05, 0) is 36.1 Å². The van der Waals surface area contributed by atoms with Gasteiger partial charge in [-0.2, -0.15) is 0 Å². The van der Waals surface area contributed by atoms with Crippen molar-refractivity contribution in [3.8, 4) is 5.75 Å². The van der Waals surface area contributed by atoms with Crippen molar-refractivity contribution in [2.45, 2.75) is 31.9 Å². The zero-order valence-corrected chi connectivity index (χ0v) is 10.1. The van der Waals surface area contributed by atoms with Gasteiger partial charge in [0.25, 0.3) is 0 Å². The second-order valence-corrected chi connectivity index (χ2v) is 4.36. The van der Waals surface area contributed by atoms with Crippen molar-refractivity contribution < 1.29 is 14.6 Å². The van der Waals surface area contributed by atoms with Gasteiger partial charge in [0.2, 0.25) is 5.91 Å². The molecule has 2 rings (SSSR count). The van der Waals surface area contributed by atoms with Crippen LogP contribution >= 0.6 is 0 Å². The molecule has 0 bridgehead atoms. The molecular formula is C13H17NO3. The first-order chi connectivity index (χ1) is 8.11. The third kappa shape index (κ3) is 2.42. The summed E-state index contributed by atoms with van der Waals surface area (Å²) >= 11 is 0. The first-order valence-electron chi connectivity index (χ1n) is 5.74. The van der Waals surface area contributed by atoms with Crippen molar-refractivity contribution >= 4 is 5.91 Å². The lowest BCUT2D eigenvalue weighted by Crippen LogP contribution is -2.40. The van der Waals surface area contributed by atoms with Gasteiger partial charge in [-0.3, -0.25) is 4.79 Å². The molecule has 1 aromatic rings. The highest BCUT2D eigenvalue weighted by Crippen LogP contribution is 2.32. The number of rotatable bonds is 2. The lowest BCUT2D eigenvalue weighted by atomic mass is 9.85. The van der Waals surface area contributed by atoms with E-state index < -0.39 is 6.10 Å². The normalized spacial score (nSPS) is 22.8. The van der Waals surface area contributed by atoms with Gasteiger partial charge in [0.1, 0.15) is 5.75 Å². The van der Waals surface area contributed by atoms with Gasteiger partial charge in [0.15, 0.2) is 0 Å². The predicted molar refractivity (Wildman–Crippen MR) is 63.9 cm³/mol. The summed E-state index contributed by atoms with van der Waals surface area (Å²) in [5.74, 6) is 0.617. The molecule has 0 fully saturated rings. The average Bonchev–Trinajstić information content (AvgIpc) is 2.32. The maximum Gasteiger partial charge on any atom is 0.217 e. The van der Waals surface area contributed by atoms with Crippen LogP contribution in [0.1, 0.15) is 30.6 Å². The lowest BCUT2D eigenvalue weighted by Gasteiger charge is -2.30. The minimum Gasteiger partial charge on any atom is -0.497 e. The number of hydrogen-bond donors (Lipinski definition) is 2. The van der Waals surface area contributed by atoms with Crippen molar-refractivity contribution in [3.05, 3.63) is 29.3 Å². The fraction of sp³-hybridized carbons (Fsp3) is 0.462. The molecular weight excluding hydrogens is 218 g/mol. The second-order valence-electron chi connectivity index (χ2n) is 4.36. The second kappa shape index (κ2) is 4.75. The monoisotopic (exact) mass is 235 g/mol. The van der Waals surface area contributed by atoms with Crippen LogP contribution in [0, 0.1) is 0 Å². The van der Waals surface area contributed by atoms with Gasteiger partial charge >= 0.3 is 0 Å². The number of carbonyl (C=O) groups excluding carboxylic acids is 1. The summed E-state index contributed by atoms with van der Waals surface area (Å²) in [6.45, 7) is 1.47. The summed E-state index contributed by atoms with van der Waals surface area (Å²) in [6, 6.07) is 5.51. The van der Waals surface area contributed by atoms with Gasteiger partial charge in [-0.25, -0.2) is 0 Å². The molecule has 0 aliphatic heterocycles. The number of benzene rings is 1. The van der Waals surface area contributed by atoms with Gasteiger partial charge in [0.05, 0.1) is 19.3 Å². The summed E-state index contributed by atoms with van der Waals surface area (Å²) in [7, 11) is 1.60. The highest BCUT2D eigenvalue weighted by molar-refractivity contribution is 5.73. The van der Waals surface area contributed by atoms with E-state index >= 15 is 0 Å². The van der Waals surface area contributed by atoms with E-state index in [0.717, 1.165) is 29.7 Å². The van der Waals surface area contributed by atoms with Crippen LogP contribution in [-0.2, 0) is 11.2 Å². The zero-order valence-electron chi connectivity index (χ0n) is 10.1. The highest BCUT2D eigenvalue weighted by Gasteiger charge is 2.28. The van der Waals surface area contributed by atoms with Crippen LogP contribution < -0.4 is 10.1 Å². The molecule has 2 N–H and O–H groups in total. The van der Waals surface area contributed by atoms with E-state index in [1.165, 1.54) is 6.92 Å². The number of nitrogens with one attached hydrogen (secondary N) is 1. The van der Waals surface area contributed by atoms with E-state index in [9.17, 15) is 9.90 Å². The number of fused-ring (bicyclic) bond motifs is 1. The highest BCUT2D eigenvalue weighted by atomic mass is 16.5. The number of hydrogen-bond acceptors (Lipinski definition) is 3. The number of ether oxygens (including phenoxy) is 1. The third-order valence-electron chi connectivity index (χ3n) is 3.17. The van der Waals surface area contributed by atoms with E-state index in [1.54, 1.807) is 7.11 Å². The van der Waals surface area contributed by atoms with E-state index in [1.807, 2.05) is 18.2 Å². The van der Waals surface area contributed by atoms with Crippen LogP contribution in [0.3, 0.4) is 0 Å². The molecule has 0 radical (unpaired) electrons. The van der Waals surface area contributed by atoms with Crippen molar-refractivity contribution in [2.24, 2.45) is 0 Å². The average molecular weight is 235 g/mol. The van der Waals surface area contributed by atoms with Crippen LogP contribution in [0.25, 0.3) is 0 Å². The van der Waals surface area contributed by atoms with E-state index in [2.05, 4.69) is 5.32 Å². The van der Waals surface area contributed by atoms with Crippen molar-refractivity contribution in [3.63, 3.8) is 0 Å². The Morgan fingerprint density at radius 3 is 2.94 bits per heavy atom. The Hall–Kier alpha value is -1.55. The molecule has 0 heterocycles. The molecule has 1 aromatic carbocycles. The Morgan fingerprint density at radius 2 is 2.29 bits per heavy atom. The fourth-order valence-electron chi connectivity index (χ4n) is 2.30. The molecule has 1 aliphatic carbocycles. The molecule has 0 saturated heterocycles. The Morgan fingerprint density at radius 1 is 1.53 bits per heavy atom. The predicted octanol–water partition coefficient (Wildman–Crippen LogP) is 1.18. The van der Waals surface area contributed by atoms with Crippen LogP contribution in [-0.4, -0.2) is 24.2 Å². The van der Waals surface area contributed by atoms with Crippen LogP contribution in [0.4, 0.5) is 0 Å². The first-order valence-corrected chi connectivity index (χ1v) is 5.74. The van der Waals surface area contributed by atoms with Gasteiger partial charge in [-0.15, -0.1) is 0 Å². The smallest absolute Gasteiger partial charge is 0.217 e. The molecule has 2 unspecified atom stereocenters. The molecule has 2 atom stereocenters. The zero-order chi connectivity index (χ0) is 12.4. The Balaban J connectivity index is 2.26. The number of methoxy groups -OCH3 is 1. The Labute approximate surface area is 101 Å². The van der Waals surface area contributed by atoms with Crippen molar-refractivity contribution in [1.82, 2.24) is 5.32 Å². The van der Waals surface area contributed by atoms with Gasteiger partial charge in [-0.1, -0.05) is 6.07 Å². The summed E-state index contributed by atoms with van der Waals surface area (Å²) in [5, 5.41) is 13.0. The van der Waals surface area contributed by atoms with Gasteiger partial charge in [0, 0.05) is 6.92 Å².